The second kappa shape index (κ2) is 4.20. The van der Waals surface area contributed by atoms with Crippen LogP contribution in [-0.2, 0) is 5.92 Å². The van der Waals surface area contributed by atoms with Gasteiger partial charge in [0, 0.05) is 6.20 Å². The van der Waals surface area contributed by atoms with Crippen LogP contribution < -0.4 is 5.73 Å². The van der Waals surface area contributed by atoms with Crippen LogP contribution in [0.3, 0.4) is 0 Å². The van der Waals surface area contributed by atoms with Gasteiger partial charge in [0.05, 0.1) is 5.56 Å². The molecule has 0 aliphatic rings. The van der Waals surface area contributed by atoms with Crippen LogP contribution in [0.4, 0.5) is 27.1 Å². The van der Waals surface area contributed by atoms with Gasteiger partial charge in [-0.15, -0.1) is 0 Å². The SMILES string of the molecule is Nc1ncc(C(F)(F)c2ccc(F)c(F)c2F)s1. The zero-order valence-corrected chi connectivity index (χ0v) is 9.37. The van der Waals surface area contributed by atoms with Crippen molar-refractivity contribution in [3.8, 4) is 0 Å². The van der Waals surface area contributed by atoms with E-state index in [9.17, 15) is 22.0 Å². The highest BCUT2D eigenvalue weighted by atomic mass is 32.1. The summed E-state index contributed by atoms with van der Waals surface area (Å²) in [4.78, 5) is 2.76. The number of nitrogens with zero attached hydrogens (tertiary/aromatic N) is 1. The normalized spacial score (nSPS) is 11.8. The van der Waals surface area contributed by atoms with Crippen molar-refractivity contribution in [2.75, 3.05) is 5.73 Å². The molecule has 0 radical (unpaired) electrons. The molecule has 2 nitrogen and oxygen atoms in total. The van der Waals surface area contributed by atoms with E-state index in [0.717, 1.165) is 6.20 Å². The Kier molecular flexibility index (Phi) is 2.97. The van der Waals surface area contributed by atoms with Gasteiger partial charge in [-0.2, -0.15) is 8.78 Å². The molecule has 0 bridgehead atoms. The Morgan fingerprint density at radius 2 is 1.78 bits per heavy atom. The van der Waals surface area contributed by atoms with Crippen LogP contribution in [0.15, 0.2) is 18.3 Å². The van der Waals surface area contributed by atoms with Crippen LogP contribution in [0.1, 0.15) is 10.4 Å². The number of halogens is 5. The maximum absolute atomic E-state index is 13.9. The molecule has 18 heavy (non-hydrogen) atoms. The molecule has 1 aromatic carbocycles. The lowest BCUT2D eigenvalue weighted by Gasteiger charge is -2.15. The van der Waals surface area contributed by atoms with Gasteiger partial charge < -0.3 is 5.73 Å². The topological polar surface area (TPSA) is 38.9 Å². The van der Waals surface area contributed by atoms with Gasteiger partial charge in [0.25, 0.3) is 0 Å². The van der Waals surface area contributed by atoms with Gasteiger partial charge >= 0.3 is 5.92 Å². The third-order valence-electron chi connectivity index (χ3n) is 2.21. The molecular weight excluding hydrogens is 275 g/mol. The molecule has 0 amide bonds. The minimum Gasteiger partial charge on any atom is -0.375 e. The number of alkyl halides is 2. The molecule has 2 rings (SSSR count). The Bertz CT molecular complexity index is 596. The lowest BCUT2D eigenvalue weighted by molar-refractivity contribution is 0.0417. The average Bonchev–Trinajstić information content (AvgIpc) is 2.73. The van der Waals surface area contributed by atoms with E-state index in [1.807, 2.05) is 0 Å². The predicted octanol–water partition coefficient (Wildman–Crippen LogP) is 3.28. The van der Waals surface area contributed by atoms with Crippen molar-refractivity contribution in [1.82, 2.24) is 4.98 Å². The van der Waals surface area contributed by atoms with Gasteiger partial charge in [0.1, 0.15) is 4.88 Å². The van der Waals surface area contributed by atoms with Crippen molar-refractivity contribution in [1.29, 1.82) is 0 Å². The Labute approximate surface area is 102 Å². The third-order valence-corrected chi connectivity index (χ3v) is 3.10. The van der Waals surface area contributed by atoms with E-state index in [4.69, 9.17) is 5.73 Å². The van der Waals surface area contributed by atoms with E-state index in [-0.39, 0.29) is 5.13 Å². The molecule has 1 heterocycles. The van der Waals surface area contributed by atoms with Crippen LogP contribution in [-0.4, -0.2) is 4.98 Å². The number of hydrogen-bond donors (Lipinski definition) is 1. The van der Waals surface area contributed by atoms with Crippen LogP contribution in [0.25, 0.3) is 0 Å². The van der Waals surface area contributed by atoms with Gasteiger partial charge in [-0.1, -0.05) is 11.3 Å². The van der Waals surface area contributed by atoms with E-state index < -0.39 is 33.8 Å². The van der Waals surface area contributed by atoms with E-state index in [1.165, 1.54) is 0 Å². The smallest absolute Gasteiger partial charge is 0.311 e. The number of benzene rings is 1. The number of anilines is 1. The number of aromatic nitrogens is 1. The summed E-state index contributed by atoms with van der Waals surface area (Å²) in [6.07, 6.45) is 0.765. The van der Waals surface area contributed by atoms with Crippen molar-refractivity contribution in [3.63, 3.8) is 0 Å². The van der Waals surface area contributed by atoms with E-state index in [0.29, 0.717) is 23.5 Å². The second-order valence-electron chi connectivity index (χ2n) is 3.36. The minimum absolute atomic E-state index is 0.132. The zero-order valence-electron chi connectivity index (χ0n) is 8.55. The fourth-order valence-electron chi connectivity index (χ4n) is 1.33. The monoisotopic (exact) mass is 280 g/mol. The number of hydrogen-bond acceptors (Lipinski definition) is 3. The largest absolute Gasteiger partial charge is 0.375 e. The van der Waals surface area contributed by atoms with Crippen LogP contribution in [0.2, 0.25) is 0 Å². The molecule has 0 aliphatic carbocycles. The Morgan fingerprint density at radius 3 is 2.33 bits per heavy atom. The summed E-state index contributed by atoms with van der Waals surface area (Å²) in [5.74, 6) is -9.22. The van der Waals surface area contributed by atoms with E-state index in [1.54, 1.807) is 0 Å². The maximum atomic E-state index is 13.9. The molecule has 0 atom stereocenters. The Hall–Kier alpha value is -1.70. The molecule has 0 unspecified atom stereocenters. The van der Waals surface area contributed by atoms with Crippen molar-refractivity contribution in [2.45, 2.75) is 5.92 Å². The van der Waals surface area contributed by atoms with Crippen molar-refractivity contribution in [3.05, 3.63) is 46.2 Å². The highest BCUT2D eigenvalue weighted by Gasteiger charge is 2.40. The first-order valence-corrected chi connectivity index (χ1v) is 5.39. The molecular formula is C10H5F5N2S. The van der Waals surface area contributed by atoms with Gasteiger partial charge in [0.2, 0.25) is 0 Å². The first-order valence-electron chi connectivity index (χ1n) is 4.57. The summed E-state index contributed by atoms with van der Waals surface area (Å²) in [6.45, 7) is 0. The highest BCUT2D eigenvalue weighted by molar-refractivity contribution is 7.15. The standard InChI is InChI=1S/C10H5F5N2S/c11-5-2-1-4(7(12)8(5)13)10(14,15)6-3-17-9(16)18-6/h1-3H,(H2,16,17). The quantitative estimate of drug-likeness (QED) is 0.677. The fourth-order valence-corrected chi connectivity index (χ4v) is 2.01. The van der Waals surface area contributed by atoms with Crippen LogP contribution in [0.5, 0.6) is 0 Å². The van der Waals surface area contributed by atoms with Crippen molar-refractivity contribution in [2.24, 2.45) is 0 Å². The summed E-state index contributed by atoms with van der Waals surface area (Å²) in [7, 11) is 0. The lowest BCUT2D eigenvalue weighted by atomic mass is 10.1. The molecule has 2 aromatic rings. The molecule has 0 saturated heterocycles. The minimum atomic E-state index is -3.83. The zero-order chi connectivity index (χ0) is 13.5. The molecule has 0 fully saturated rings. The van der Waals surface area contributed by atoms with Gasteiger partial charge in [-0.3, -0.25) is 0 Å². The summed E-state index contributed by atoms with van der Waals surface area (Å²) < 4.78 is 66.6. The summed E-state index contributed by atoms with van der Waals surface area (Å²) in [5.41, 5.74) is 3.93. The molecule has 0 aliphatic heterocycles. The first kappa shape index (κ1) is 12.7. The Morgan fingerprint density at radius 1 is 1.11 bits per heavy atom. The molecule has 0 spiro atoms. The molecule has 1 aromatic heterocycles. The van der Waals surface area contributed by atoms with Crippen LogP contribution >= 0.6 is 11.3 Å². The summed E-state index contributed by atoms with van der Waals surface area (Å²) >= 11 is 0.442. The number of nitrogen functional groups attached to an aromatic ring is 1. The first-order chi connectivity index (χ1) is 8.34. The lowest BCUT2D eigenvalue weighted by Crippen LogP contribution is -2.17. The van der Waals surface area contributed by atoms with E-state index in [2.05, 4.69) is 4.98 Å². The van der Waals surface area contributed by atoms with Crippen molar-refractivity contribution < 1.29 is 22.0 Å². The average molecular weight is 280 g/mol. The number of rotatable bonds is 2. The predicted molar refractivity (Wildman–Crippen MR) is 55.8 cm³/mol. The molecule has 8 heteroatoms. The van der Waals surface area contributed by atoms with E-state index >= 15 is 0 Å². The van der Waals surface area contributed by atoms with Gasteiger partial charge in [-0.25, -0.2) is 18.2 Å². The summed E-state index contributed by atoms with van der Waals surface area (Å²) in [6, 6.07) is 0.926. The highest BCUT2D eigenvalue weighted by Crippen LogP contribution is 2.40. The summed E-state index contributed by atoms with van der Waals surface area (Å²) in [5, 5.41) is -0.132. The van der Waals surface area contributed by atoms with Gasteiger partial charge in [0.15, 0.2) is 22.6 Å². The van der Waals surface area contributed by atoms with Crippen molar-refractivity contribution >= 4 is 16.5 Å². The van der Waals surface area contributed by atoms with Gasteiger partial charge in [-0.05, 0) is 12.1 Å². The molecule has 2 N–H and O–H groups in total. The molecule has 96 valence electrons. The number of nitrogens with two attached hydrogens (primary N) is 1. The third kappa shape index (κ3) is 1.92. The Balaban J connectivity index is 2.57. The van der Waals surface area contributed by atoms with Crippen LogP contribution in [0, 0.1) is 17.5 Å². The molecule has 0 saturated carbocycles. The number of thiazole rings is 1. The fraction of sp³-hybridized carbons (Fsp3) is 0.100. The second-order valence-corrected chi connectivity index (χ2v) is 4.42. The maximum Gasteiger partial charge on any atom is 0.311 e.